The minimum Gasteiger partial charge on any atom is -0.264 e. The van der Waals surface area contributed by atoms with E-state index in [-0.39, 0.29) is 0 Å². The molecule has 0 saturated carbocycles. The highest BCUT2D eigenvalue weighted by Gasteiger charge is 2.00. The molecule has 0 spiro atoms. The van der Waals surface area contributed by atoms with Crippen molar-refractivity contribution in [2.75, 3.05) is 0 Å². The Morgan fingerprint density at radius 2 is 2.27 bits per heavy atom. The summed E-state index contributed by atoms with van der Waals surface area (Å²) in [5.74, 6) is 0.690. The molecule has 0 saturated heterocycles. The van der Waals surface area contributed by atoms with Gasteiger partial charge in [0.25, 0.3) is 0 Å². The lowest BCUT2D eigenvalue weighted by atomic mass is 10.1. The molecule has 11 heavy (non-hydrogen) atoms. The van der Waals surface area contributed by atoms with Gasteiger partial charge in [-0.3, -0.25) is 4.98 Å². The predicted molar refractivity (Wildman–Crippen MR) is 50.5 cm³/mol. The fourth-order valence-corrected chi connectivity index (χ4v) is 1.38. The second-order valence-corrected chi connectivity index (χ2v) is 3.92. The summed E-state index contributed by atoms with van der Waals surface area (Å²) in [4.78, 5) is 4.07. The Labute approximate surface area is 76.0 Å². The standard InChI is InChI=1S/C9H12BrN/c1-7(2)5-8-6-11-4-3-9(8)10/h3-4,6-7H,5H2,1-2H3. The minimum absolute atomic E-state index is 0.690. The quantitative estimate of drug-likeness (QED) is 0.737. The van der Waals surface area contributed by atoms with Crippen LogP contribution in [0.5, 0.6) is 0 Å². The van der Waals surface area contributed by atoms with E-state index in [0.29, 0.717) is 5.92 Å². The van der Waals surface area contributed by atoms with Gasteiger partial charge in [-0.25, -0.2) is 0 Å². The first-order valence-electron chi connectivity index (χ1n) is 3.78. The molecular weight excluding hydrogens is 202 g/mol. The molecule has 0 N–H and O–H groups in total. The third-order valence-corrected chi connectivity index (χ3v) is 2.25. The van der Waals surface area contributed by atoms with Gasteiger partial charge < -0.3 is 0 Å². The number of aromatic nitrogens is 1. The van der Waals surface area contributed by atoms with Crippen molar-refractivity contribution in [2.24, 2.45) is 5.92 Å². The Morgan fingerprint density at radius 1 is 1.55 bits per heavy atom. The largest absolute Gasteiger partial charge is 0.264 e. The van der Waals surface area contributed by atoms with Crippen LogP contribution in [0.25, 0.3) is 0 Å². The van der Waals surface area contributed by atoms with Crippen LogP contribution in [0.1, 0.15) is 19.4 Å². The van der Waals surface area contributed by atoms with E-state index in [9.17, 15) is 0 Å². The molecule has 1 aromatic heterocycles. The van der Waals surface area contributed by atoms with Crippen LogP contribution < -0.4 is 0 Å². The van der Waals surface area contributed by atoms with Gasteiger partial charge in [0.1, 0.15) is 0 Å². The van der Waals surface area contributed by atoms with Crippen LogP contribution in [0.4, 0.5) is 0 Å². The van der Waals surface area contributed by atoms with Crippen molar-refractivity contribution in [1.29, 1.82) is 0 Å². The lowest BCUT2D eigenvalue weighted by Crippen LogP contribution is -1.95. The molecule has 0 fully saturated rings. The van der Waals surface area contributed by atoms with Crippen LogP contribution in [0, 0.1) is 5.92 Å². The highest BCUT2D eigenvalue weighted by molar-refractivity contribution is 9.10. The number of halogens is 1. The van der Waals surface area contributed by atoms with Crippen molar-refractivity contribution < 1.29 is 0 Å². The summed E-state index contributed by atoms with van der Waals surface area (Å²) in [6.45, 7) is 4.42. The summed E-state index contributed by atoms with van der Waals surface area (Å²) in [5.41, 5.74) is 1.29. The van der Waals surface area contributed by atoms with Gasteiger partial charge in [0.15, 0.2) is 0 Å². The Hall–Kier alpha value is -0.370. The maximum atomic E-state index is 4.07. The first-order chi connectivity index (χ1) is 5.20. The van der Waals surface area contributed by atoms with Crippen LogP contribution in [0.3, 0.4) is 0 Å². The molecule has 60 valence electrons. The predicted octanol–water partition coefficient (Wildman–Crippen LogP) is 3.04. The summed E-state index contributed by atoms with van der Waals surface area (Å²) < 4.78 is 1.17. The second-order valence-electron chi connectivity index (χ2n) is 3.07. The summed E-state index contributed by atoms with van der Waals surface area (Å²) in [7, 11) is 0. The van der Waals surface area contributed by atoms with Gasteiger partial charge in [0.05, 0.1) is 0 Å². The fraction of sp³-hybridized carbons (Fsp3) is 0.444. The normalized spacial score (nSPS) is 10.5. The molecule has 0 aliphatic carbocycles. The van der Waals surface area contributed by atoms with E-state index < -0.39 is 0 Å². The van der Waals surface area contributed by atoms with E-state index in [2.05, 4.69) is 34.8 Å². The zero-order chi connectivity index (χ0) is 8.27. The van der Waals surface area contributed by atoms with Crippen LogP contribution >= 0.6 is 15.9 Å². The molecule has 0 radical (unpaired) electrons. The topological polar surface area (TPSA) is 12.9 Å². The van der Waals surface area contributed by atoms with Crippen molar-refractivity contribution in [1.82, 2.24) is 4.98 Å². The van der Waals surface area contributed by atoms with E-state index in [1.54, 1.807) is 6.20 Å². The molecule has 2 heteroatoms. The number of rotatable bonds is 2. The number of hydrogen-bond donors (Lipinski definition) is 0. The zero-order valence-electron chi connectivity index (χ0n) is 6.84. The first-order valence-corrected chi connectivity index (χ1v) is 4.58. The molecule has 0 amide bonds. The van der Waals surface area contributed by atoms with Crippen molar-refractivity contribution in [3.8, 4) is 0 Å². The van der Waals surface area contributed by atoms with E-state index in [1.165, 1.54) is 10.0 Å². The van der Waals surface area contributed by atoms with E-state index >= 15 is 0 Å². The molecule has 1 nitrogen and oxygen atoms in total. The average Bonchev–Trinajstić information content (AvgIpc) is 1.93. The number of nitrogens with zero attached hydrogens (tertiary/aromatic N) is 1. The van der Waals surface area contributed by atoms with Gasteiger partial charge in [-0.1, -0.05) is 29.8 Å². The van der Waals surface area contributed by atoms with Gasteiger partial charge >= 0.3 is 0 Å². The molecule has 1 aromatic rings. The molecular formula is C9H12BrN. The number of pyridine rings is 1. The maximum Gasteiger partial charge on any atom is 0.0311 e. The average molecular weight is 214 g/mol. The Bertz CT molecular complexity index is 233. The molecule has 0 atom stereocenters. The number of hydrogen-bond acceptors (Lipinski definition) is 1. The monoisotopic (exact) mass is 213 g/mol. The third-order valence-electron chi connectivity index (χ3n) is 1.47. The maximum absolute atomic E-state index is 4.07. The summed E-state index contributed by atoms with van der Waals surface area (Å²) in [5, 5.41) is 0. The zero-order valence-corrected chi connectivity index (χ0v) is 8.43. The van der Waals surface area contributed by atoms with Crippen molar-refractivity contribution in [2.45, 2.75) is 20.3 Å². The Morgan fingerprint density at radius 3 is 2.82 bits per heavy atom. The second kappa shape index (κ2) is 3.86. The lowest BCUT2D eigenvalue weighted by Gasteiger charge is -2.05. The third kappa shape index (κ3) is 2.62. The van der Waals surface area contributed by atoms with Crippen LogP contribution in [-0.2, 0) is 6.42 Å². The smallest absolute Gasteiger partial charge is 0.0311 e. The molecule has 0 aliphatic heterocycles. The van der Waals surface area contributed by atoms with E-state index in [4.69, 9.17) is 0 Å². The molecule has 1 rings (SSSR count). The van der Waals surface area contributed by atoms with E-state index in [1.807, 2.05) is 12.3 Å². The summed E-state index contributed by atoms with van der Waals surface area (Å²) >= 11 is 3.48. The van der Waals surface area contributed by atoms with Crippen molar-refractivity contribution in [3.63, 3.8) is 0 Å². The fourth-order valence-electron chi connectivity index (χ4n) is 1.00. The highest BCUT2D eigenvalue weighted by atomic mass is 79.9. The van der Waals surface area contributed by atoms with Gasteiger partial charge in [-0.2, -0.15) is 0 Å². The summed E-state index contributed by atoms with van der Waals surface area (Å²) in [6.07, 6.45) is 4.81. The Balaban J connectivity index is 2.78. The lowest BCUT2D eigenvalue weighted by molar-refractivity contribution is 0.644. The summed E-state index contributed by atoms with van der Waals surface area (Å²) in [6, 6.07) is 1.98. The van der Waals surface area contributed by atoms with Crippen LogP contribution in [0.2, 0.25) is 0 Å². The highest BCUT2D eigenvalue weighted by Crippen LogP contribution is 2.17. The van der Waals surface area contributed by atoms with Crippen molar-refractivity contribution in [3.05, 3.63) is 28.5 Å². The molecule has 0 unspecified atom stereocenters. The Kier molecular flexibility index (Phi) is 3.06. The molecule has 0 aliphatic rings. The van der Waals surface area contributed by atoms with Gasteiger partial charge in [-0.05, 0) is 24.0 Å². The van der Waals surface area contributed by atoms with Crippen LogP contribution in [-0.4, -0.2) is 4.98 Å². The van der Waals surface area contributed by atoms with Crippen molar-refractivity contribution >= 4 is 15.9 Å². The van der Waals surface area contributed by atoms with Gasteiger partial charge in [0, 0.05) is 16.9 Å². The first kappa shape index (κ1) is 8.72. The SMILES string of the molecule is CC(C)Cc1cnccc1Br. The van der Waals surface area contributed by atoms with E-state index in [0.717, 1.165) is 6.42 Å². The van der Waals surface area contributed by atoms with Gasteiger partial charge in [-0.15, -0.1) is 0 Å². The van der Waals surface area contributed by atoms with Crippen LogP contribution in [0.15, 0.2) is 22.9 Å². The molecule has 1 heterocycles. The van der Waals surface area contributed by atoms with Gasteiger partial charge in [0.2, 0.25) is 0 Å². The minimum atomic E-state index is 0.690. The molecule has 0 aromatic carbocycles. The molecule has 0 bridgehead atoms.